The van der Waals surface area contributed by atoms with Crippen LogP contribution in [0.5, 0.6) is 0 Å². The van der Waals surface area contributed by atoms with Crippen molar-refractivity contribution < 1.29 is 4.79 Å². The molecule has 7 heteroatoms. The third kappa shape index (κ3) is 4.89. The Balaban J connectivity index is 0.00000261. The molecule has 0 saturated heterocycles. The normalized spacial score (nSPS) is 11.0. The van der Waals surface area contributed by atoms with E-state index in [0.29, 0.717) is 16.2 Å². The van der Waals surface area contributed by atoms with Gasteiger partial charge in [-0.15, -0.1) is 17.0 Å². The van der Waals surface area contributed by atoms with Gasteiger partial charge in [-0.25, -0.2) is 0 Å². The summed E-state index contributed by atoms with van der Waals surface area (Å²) in [6.45, 7) is 1.84. The molecule has 0 aliphatic heterocycles. The number of halogens is 2. The lowest BCUT2D eigenvalue weighted by molar-refractivity contribution is 0.0971. The molecule has 5 nitrogen and oxygen atoms in total. The molecule has 27 heavy (non-hydrogen) atoms. The van der Waals surface area contributed by atoms with Gasteiger partial charge in [-0.2, -0.15) is 0 Å². The van der Waals surface area contributed by atoms with Crippen molar-refractivity contribution in [3.05, 3.63) is 64.7 Å². The Morgan fingerprint density at radius 2 is 1.63 bits per heavy atom. The summed E-state index contributed by atoms with van der Waals surface area (Å²) in [5.74, 6) is -0.0311. The van der Waals surface area contributed by atoms with E-state index in [1.807, 2.05) is 42.9 Å². The summed E-state index contributed by atoms with van der Waals surface area (Å²) in [7, 11) is 4.08. The smallest absolute Gasteiger partial charge is 0.203 e. The monoisotopic (exact) mass is 450 g/mol. The second-order valence-corrected chi connectivity index (χ2v) is 7.07. The maximum atomic E-state index is 12.7. The molecular formula is C20H24BrClN4O. The van der Waals surface area contributed by atoms with Gasteiger partial charge in [0, 0.05) is 17.1 Å². The van der Waals surface area contributed by atoms with Crippen molar-refractivity contribution >= 4 is 45.4 Å². The Hall–Kier alpha value is -1.89. The second kappa shape index (κ2) is 9.35. The molecule has 0 amide bonds. The molecule has 1 heterocycles. The standard InChI is InChI=1S/C20H23ClN4O.BrH/c1-23(2)12-5-13-24-17-6-3-4-7-18(17)25(20(24)22)14-19(26)15-8-10-16(21)11-9-15;/h3-4,6-11,22H,5,12-14H2,1-2H3;1H. The molecule has 0 atom stereocenters. The van der Waals surface area contributed by atoms with E-state index in [1.165, 1.54) is 0 Å². The summed E-state index contributed by atoms with van der Waals surface area (Å²) in [5, 5.41) is 9.19. The topological polar surface area (TPSA) is 54.0 Å². The summed E-state index contributed by atoms with van der Waals surface area (Å²) in [5.41, 5.74) is 2.85. The SMILES string of the molecule is Br.CN(C)CCCn1c(=N)n(CC(=O)c2ccc(Cl)cc2)c2ccccc21. The molecule has 0 spiro atoms. The quantitative estimate of drug-likeness (QED) is 0.552. The zero-order chi connectivity index (χ0) is 18.7. The van der Waals surface area contributed by atoms with Crippen LogP contribution < -0.4 is 5.62 Å². The van der Waals surface area contributed by atoms with E-state index in [0.717, 1.165) is 30.5 Å². The summed E-state index contributed by atoms with van der Waals surface area (Å²) in [6, 6.07) is 14.8. The van der Waals surface area contributed by atoms with Gasteiger partial charge in [0.1, 0.15) is 0 Å². The predicted molar refractivity (Wildman–Crippen MR) is 115 cm³/mol. The summed E-state index contributed by atoms with van der Waals surface area (Å²) in [6.07, 6.45) is 0.947. The lowest BCUT2D eigenvalue weighted by Gasteiger charge is -2.10. The Morgan fingerprint density at radius 1 is 1.04 bits per heavy atom. The first-order valence-corrected chi connectivity index (χ1v) is 9.01. The molecule has 0 bridgehead atoms. The minimum Gasteiger partial charge on any atom is -0.310 e. The molecule has 3 rings (SSSR count). The summed E-state index contributed by atoms with van der Waals surface area (Å²) < 4.78 is 3.76. The number of aromatic nitrogens is 2. The van der Waals surface area contributed by atoms with Crippen LogP contribution in [0.2, 0.25) is 5.02 Å². The zero-order valence-electron chi connectivity index (χ0n) is 15.5. The van der Waals surface area contributed by atoms with Gasteiger partial charge >= 0.3 is 0 Å². The molecule has 144 valence electrons. The van der Waals surface area contributed by atoms with Crippen molar-refractivity contribution in [2.24, 2.45) is 0 Å². The van der Waals surface area contributed by atoms with Crippen molar-refractivity contribution in [1.82, 2.24) is 14.0 Å². The third-order valence-electron chi connectivity index (χ3n) is 4.43. The number of fused-ring (bicyclic) bond motifs is 1. The van der Waals surface area contributed by atoms with Crippen LogP contribution in [0.25, 0.3) is 11.0 Å². The van der Waals surface area contributed by atoms with E-state index in [2.05, 4.69) is 4.90 Å². The van der Waals surface area contributed by atoms with Crippen LogP contribution in [-0.2, 0) is 13.1 Å². The van der Waals surface area contributed by atoms with E-state index in [-0.39, 0.29) is 29.3 Å². The minimum atomic E-state index is -0.0311. The first kappa shape index (κ1) is 21.4. The second-order valence-electron chi connectivity index (χ2n) is 6.64. The fourth-order valence-corrected chi connectivity index (χ4v) is 3.22. The molecule has 0 radical (unpaired) electrons. The van der Waals surface area contributed by atoms with Crippen molar-refractivity contribution in [3.63, 3.8) is 0 Å². The average Bonchev–Trinajstić information content (AvgIpc) is 2.88. The number of ketones is 1. The number of Topliss-reactive ketones (excluding diaryl/α,β-unsaturated/α-hetero) is 1. The maximum absolute atomic E-state index is 12.7. The number of hydrogen-bond donors (Lipinski definition) is 1. The number of nitrogens with zero attached hydrogens (tertiary/aromatic N) is 3. The molecule has 0 unspecified atom stereocenters. The lowest BCUT2D eigenvalue weighted by Crippen LogP contribution is -2.28. The molecule has 1 aromatic heterocycles. The van der Waals surface area contributed by atoms with Crippen molar-refractivity contribution in [3.8, 4) is 0 Å². The van der Waals surface area contributed by atoms with Crippen LogP contribution in [0, 0.1) is 5.41 Å². The first-order chi connectivity index (χ1) is 12.5. The van der Waals surface area contributed by atoms with Gasteiger partial charge in [0.2, 0.25) is 5.62 Å². The Morgan fingerprint density at radius 3 is 2.22 bits per heavy atom. The molecule has 2 aromatic carbocycles. The highest BCUT2D eigenvalue weighted by molar-refractivity contribution is 8.93. The van der Waals surface area contributed by atoms with E-state index < -0.39 is 0 Å². The summed E-state index contributed by atoms with van der Waals surface area (Å²) >= 11 is 5.90. The van der Waals surface area contributed by atoms with E-state index in [4.69, 9.17) is 17.0 Å². The molecule has 0 aliphatic carbocycles. The van der Waals surface area contributed by atoms with Crippen LogP contribution in [0.1, 0.15) is 16.8 Å². The molecule has 1 N–H and O–H groups in total. The summed E-state index contributed by atoms with van der Waals surface area (Å²) in [4.78, 5) is 14.8. The maximum Gasteiger partial charge on any atom is 0.203 e. The van der Waals surface area contributed by atoms with Crippen LogP contribution in [0.4, 0.5) is 0 Å². The number of benzene rings is 2. The number of para-hydroxylation sites is 2. The lowest BCUT2D eigenvalue weighted by atomic mass is 10.1. The molecule has 3 aromatic rings. The van der Waals surface area contributed by atoms with Gasteiger partial charge < -0.3 is 14.0 Å². The van der Waals surface area contributed by atoms with Gasteiger partial charge in [0.25, 0.3) is 0 Å². The molecule has 0 fully saturated rings. The number of rotatable bonds is 7. The number of carbonyl (C=O) groups excluding carboxylic acids is 1. The highest BCUT2D eigenvalue weighted by Gasteiger charge is 2.14. The fraction of sp³-hybridized carbons (Fsp3) is 0.300. The molecule has 0 saturated carbocycles. The van der Waals surface area contributed by atoms with Crippen molar-refractivity contribution in [1.29, 1.82) is 5.41 Å². The molecule has 0 aliphatic rings. The molecular weight excluding hydrogens is 428 g/mol. The zero-order valence-corrected chi connectivity index (χ0v) is 18.0. The Labute approximate surface area is 174 Å². The van der Waals surface area contributed by atoms with E-state index in [1.54, 1.807) is 28.8 Å². The van der Waals surface area contributed by atoms with Crippen LogP contribution in [-0.4, -0.2) is 40.5 Å². The van der Waals surface area contributed by atoms with Gasteiger partial charge in [-0.3, -0.25) is 10.2 Å². The Bertz CT molecular complexity index is 976. The largest absolute Gasteiger partial charge is 0.310 e. The van der Waals surface area contributed by atoms with Crippen LogP contribution in [0.3, 0.4) is 0 Å². The van der Waals surface area contributed by atoms with Crippen LogP contribution >= 0.6 is 28.6 Å². The third-order valence-corrected chi connectivity index (χ3v) is 4.68. The van der Waals surface area contributed by atoms with Crippen molar-refractivity contribution in [2.45, 2.75) is 19.5 Å². The highest BCUT2D eigenvalue weighted by Crippen LogP contribution is 2.15. The van der Waals surface area contributed by atoms with E-state index >= 15 is 0 Å². The predicted octanol–water partition coefficient (Wildman–Crippen LogP) is 3.99. The van der Waals surface area contributed by atoms with Crippen molar-refractivity contribution in [2.75, 3.05) is 20.6 Å². The van der Waals surface area contributed by atoms with Gasteiger partial charge in [0.05, 0.1) is 17.6 Å². The van der Waals surface area contributed by atoms with Gasteiger partial charge in [-0.1, -0.05) is 23.7 Å². The minimum absolute atomic E-state index is 0. The first-order valence-electron chi connectivity index (χ1n) is 8.63. The fourth-order valence-electron chi connectivity index (χ4n) is 3.10. The number of aryl methyl sites for hydroxylation is 1. The number of carbonyl (C=O) groups is 1. The number of nitrogens with one attached hydrogen (secondary N) is 1. The van der Waals surface area contributed by atoms with E-state index in [9.17, 15) is 4.79 Å². The van der Waals surface area contributed by atoms with Gasteiger partial charge in [-0.05, 0) is 63.5 Å². The Kier molecular flexibility index (Phi) is 7.41. The average molecular weight is 452 g/mol. The van der Waals surface area contributed by atoms with Crippen LogP contribution in [0.15, 0.2) is 48.5 Å². The number of hydrogen-bond acceptors (Lipinski definition) is 3. The highest BCUT2D eigenvalue weighted by atomic mass is 79.9. The van der Waals surface area contributed by atoms with Gasteiger partial charge in [0.15, 0.2) is 5.78 Å². The number of imidazole rings is 1.